The lowest BCUT2D eigenvalue weighted by Crippen LogP contribution is -2.45. The number of piperidine rings is 1. The van der Waals surface area contributed by atoms with E-state index in [1.165, 1.54) is 0 Å². The SMILES string of the molecule is CC[C@@H]1CN(C(=O)[C@H]2CCCN(c3cnccn3)C2)C[C@H]1N(C)C. The normalized spacial score (nSPS) is 27.8. The van der Waals surface area contributed by atoms with Crippen LogP contribution in [0.25, 0.3) is 0 Å². The van der Waals surface area contributed by atoms with Crippen molar-refractivity contribution in [1.82, 2.24) is 19.8 Å². The maximum Gasteiger partial charge on any atom is 0.227 e. The highest BCUT2D eigenvalue weighted by molar-refractivity contribution is 5.80. The Morgan fingerprint density at radius 3 is 2.75 bits per heavy atom. The average molecular weight is 331 g/mol. The van der Waals surface area contributed by atoms with E-state index in [4.69, 9.17) is 0 Å². The highest BCUT2D eigenvalue weighted by atomic mass is 16.2. The fourth-order valence-corrected chi connectivity index (χ4v) is 4.12. The topological polar surface area (TPSA) is 52.6 Å². The molecule has 6 heteroatoms. The van der Waals surface area contributed by atoms with Crippen molar-refractivity contribution in [2.75, 3.05) is 45.2 Å². The van der Waals surface area contributed by atoms with Gasteiger partial charge in [-0.2, -0.15) is 0 Å². The summed E-state index contributed by atoms with van der Waals surface area (Å²) in [5, 5.41) is 0. The predicted molar refractivity (Wildman–Crippen MR) is 94.8 cm³/mol. The molecule has 0 bridgehead atoms. The molecule has 0 unspecified atom stereocenters. The number of carbonyl (C=O) groups is 1. The van der Waals surface area contributed by atoms with Crippen molar-refractivity contribution in [3.05, 3.63) is 18.6 Å². The average Bonchev–Trinajstić information content (AvgIpc) is 3.06. The molecule has 24 heavy (non-hydrogen) atoms. The second kappa shape index (κ2) is 7.47. The van der Waals surface area contributed by atoms with Crippen LogP contribution in [-0.2, 0) is 4.79 Å². The van der Waals surface area contributed by atoms with E-state index in [9.17, 15) is 4.79 Å². The summed E-state index contributed by atoms with van der Waals surface area (Å²) in [7, 11) is 4.25. The highest BCUT2D eigenvalue weighted by Crippen LogP contribution is 2.28. The molecule has 0 spiro atoms. The van der Waals surface area contributed by atoms with Gasteiger partial charge < -0.3 is 14.7 Å². The third kappa shape index (κ3) is 3.53. The molecule has 3 rings (SSSR count). The third-order valence-electron chi connectivity index (χ3n) is 5.55. The Labute approximate surface area is 144 Å². The van der Waals surface area contributed by atoms with E-state index in [1.807, 2.05) is 0 Å². The number of rotatable bonds is 4. The maximum absolute atomic E-state index is 13.1. The van der Waals surface area contributed by atoms with E-state index in [-0.39, 0.29) is 5.92 Å². The fraction of sp³-hybridized carbons (Fsp3) is 0.722. The molecule has 0 aromatic carbocycles. The molecule has 0 aliphatic carbocycles. The van der Waals surface area contributed by atoms with Gasteiger partial charge in [0.2, 0.25) is 5.91 Å². The van der Waals surface area contributed by atoms with Gasteiger partial charge in [0.15, 0.2) is 0 Å². The Bertz CT molecular complexity index is 550. The Morgan fingerprint density at radius 1 is 1.29 bits per heavy atom. The van der Waals surface area contributed by atoms with Gasteiger partial charge in [-0.3, -0.25) is 9.78 Å². The second-order valence-electron chi connectivity index (χ2n) is 7.29. The number of hydrogen-bond acceptors (Lipinski definition) is 5. The molecule has 0 N–H and O–H groups in total. The summed E-state index contributed by atoms with van der Waals surface area (Å²) >= 11 is 0. The molecular weight excluding hydrogens is 302 g/mol. The van der Waals surface area contributed by atoms with Crippen LogP contribution in [0.4, 0.5) is 5.82 Å². The van der Waals surface area contributed by atoms with Gasteiger partial charge in [0.25, 0.3) is 0 Å². The van der Waals surface area contributed by atoms with E-state index in [2.05, 4.69) is 45.7 Å². The predicted octanol–water partition coefficient (Wildman–Crippen LogP) is 1.49. The van der Waals surface area contributed by atoms with E-state index < -0.39 is 0 Å². The van der Waals surface area contributed by atoms with Crippen molar-refractivity contribution < 1.29 is 4.79 Å². The van der Waals surface area contributed by atoms with Crippen LogP contribution in [0.2, 0.25) is 0 Å². The van der Waals surface area contributed by atoms with Crippen molar-refractivity contribution in [3.8, 4) is 0 Å². The molecule has 1 aromatic rings. The summed E-state index contributed by atoms with van der Waals surface area (Å²) in [4.78, 5) is 28.2. The molecule has 0 radical (unpaired) electrons. The minimum atomic E-state index is 0.0826. The van der Waals surface area contributed by atoms with Gasteiger partial charge in [-0.25, -0.2) is 4.98 Å². The van der Waals surface area contributed by atoms with Crippen LogP contribution in [0, 0.1) is 11.8 Å². The summed E-state index contributed by atoms with van der Waals surface area (Å²) in [5.74, 6) is 1.88. The van der Waals surface area contributed by atoms with Crippen LogP contribution in [0.1, 0.15) is 26.2 Å². The fourth-order valence-electron chi connectivity index (χ4n) is 4.12. The van der Waals surface area contributed by atoms with E-state index >= 15 is 0 Å². The largest absolute Gasteiger partial charge is 0.355 e. The zero-order valence-electron chi connectivity index (χ0n) is 15.1. The van der Waals surface area contributed by atoms with Crippen molar-refractivity contribution >= 4 is 11.7 Å². The monoisotopic (exact) mass is 331 g/mol. The van der Waals surface area contributed by atoms with Gasteiger partial charge in [0.1, 0.15) is 5.82 Å². The highest BCUT2D eigenvalue weighted by Gasteiger charge is 2.38. The Morgan fingerprint density at radius 2 is 2.12 bits per heavy atom. The summed E-state index contributed by atoms with van der Waals surface area (Å²) in [6.45, 7) is 5.72. The van der Waals surface area contributed by atoms with Crippen LogP contribution in [0.3, 0.4) is 0 Å². The van der Waals surface area contributed by atoms with Gasteiger partial charge in [-0.05, 0) is 32.9 Å². The standard InChI is InChI=1S/C18H29N5O/c1-4-14-11-23(13-16(14)21(2)3)18(24)15-6-5-9-22(12-15)17-10-19-7-8-20-17/h7-8,10,14-16H,4-6,9,11-13H2,1-3H3/t14-,15+,16-/m1/s1. The summed E-state index contributed by atoms with van der Waals surface area (Å²) in [5.41, 5.74) is 0. The first-order valence-corrected chi connectivity index (χ1v) is 9.06. The first kappa shape index (κ1) is 17.1. The van der Waals surface area contributed by atoms with E-state index in [1.54, 1.807) is 18.6 Å². The first-order valence-electron chi connectivity index (χ1n) is 9.06. The van der Waals surface area contributed by atoms with Crippen LogP contribution in [0.15, 0.2) is 18.6 Å². The lowest BCUT2D eigenvalue weighted by molar-refractivity contribution is -0.135. The summed E-state index contributed by atoms with van der Waals surface area (Å²) < 4.78 is 0. The lowest BCUT2D eigenvalue weighted by Gasteiger charge is -2.34. The zero-order chi connectivity index (χ0) is 17.1. The van der Waals surface area contributed by atoms with Crippen LogP contribution < -0.4 is 4.90 Å². The molecule has 3 heterocycles. The summed E-state index contributed by atoms with van der Waals surface area (Å²) in [6, 6.07) is 0.485. The van der Waals surface area contributed by atoms with Gasteiger partial charge in [0, 0.05) is 44.6 Å². The number of hydrogen-bond donors (Lipinski definition) is 0. The number of aromatic nitrogens is 2. The zero-order valence-corrected chi connectivity index (χ0v) is 15.1. The molecule has 6 nitrogen and oxygen atoms in total. The van der Waals surface area contributed by atoms with Crippen molar-refractivity contribution in [2.24, 2.45) is 11.8 Å². The second-order valence-corrected chi connectivity index (χ2v) is 7.29. The van der Waals surface area contributed by atoms with Gasteiger partial charge in [-0.1, -0.05) is 13.3 Å². The molecule has 1 amide bonds. The number of amides is 1. The lowest BCUT2D eigenvalue weighted by atomic mass is 9.96. The third-order valence-corrected chi connectivity index (χ3v) is 5.55. The number of likely N-dealkylation sites (N-methyl/N-ethyl adjacent to an activating group) is 1. The first-order chi connectivity index (χ1) is 11.6. The minimum Gasteiger partial charge on any atom is -0.355 e. The van der Waals surface area contributed by atoms with E-state index in [0.717, 1.165) is 51.3 Å². The minimum absolute atomic E-state index is 0.0826. The number of anilines is 1. The number of likely N-dealkylation sites (tertiary alicyclic amines) is 1. The molecule has 2 saturated heterocycles. The molecule has 1 aromatic heterocycles. The smallest absolute Gasteiger partial charge is 0.227 e. The molecule has 2 fully saturated rings. The Kier molecular flexibility index (Phi) is 5.33. The maximum atomic E-state index is 13.1. The molecule has 132 valence electrons. The van der Waals surface area contributed by atoms with Gasteiger partial charge >= 0.3 is 0 Å². The quantitative estimate of drug-likeness (QED) is 0.837. The van der Waals surface area contributed by atoms with Crippen LogP contribution in [-0.4, -0.2) is 72.0 Å². The van der Waals surface area contributed by atoms with Crippen molar-refractivity contribution in [2.45, 2.75) is 32.2 Å². The van der Waals surface area contributed by atoms with Gasteiger partial charge in [-0.15, -0.1) is 0 Å². The van der Waals surface area contributed by atoms with Crippen LogP contribution >= 0.6 is 0 Å². The molecule has 3 atom stereocenters. The number of nitrogens with zero attached hydrogens (tertiary/aromatic N) is 5. The number of carbonyl (C=O) groups excluding carboxylic acids is 1. The van der Waals surface area contributed by atoms with Crippen LogP contribution in [0.5, 0.6) is 0 Å². The Balaban J connectivity index is 1.65. The van der Waals surface area contributed by atoms with E-state index in [0.29, 0.717) is 17.9 Å². The molecule has 0 saturated carbocycles. The molecule has 2 aliphatic heterocycles. The molecule has 2 aliphatic rings. The van der Waals surface area contributed by atoms with Gasteiger partial charge in [0.05, 0.1) is 12.1 Å². The Hall–Kier alpha value is -1.69. The molecular formula is C18H29N5O. The van der Waals surface area contributed by atoms with Crippen molar-refractivity contribution in [3.63, 3.8) is 0 Å². The van der Waals surface area contributed by atoms with Crippen molar-refractivity contribution in [1.29, 1.82) is 0 Å². The summed E-state index contributed by atoms with van der Waals surface area (Å²) in [6.07, 6.45) is 8.34.